The Kier molecular flexibility index (Phi) is 6.78. The molecule has 1 aromatic heterocycles. The van der Waals surface area contributed by atoms with Crippen molar-refractivity contribution in [1.29, 1.82) is 0 Å². The van der Waals surface area contributed by atoms with Crippen LogP contribution < -0.4 is 5.32 Å². The fraction of sp³-hybridized carbons (Fsp3) is 0.667. The molecule has 1 rings (SSSR count). The lowest BCUT2D eigenvalue weighted by molar-refractivity contribution is 0.199. The molecule has 16 heavy (non-hydrogen) atoms. The number of methoxy groups -OCH3 is 1. The Hall–Kier alpha value is -0.920. The van der Waals surface area contributed by atoms with Gasteiger partial charge in [-0.05, 0) is 10.4 Å². The number of nitrogens with one attached hydrogen (secondary N) is 1. The van der Waals surface area contributed by atoms with Crippen LogP contribution in [0, 0.1) is 0 Å². The molecule has 0 radical (unpaired) electrons. The molecule has 0 aliphatic heterocycles. The first-order valence-electron chi connectivity index (χ1n) is 5.08. The van der Waals surface area contributed by atoms with E-state index in [4.69, 9.17) is 4.74 Å². The van der Waals surface area contributed by atoms with Crippen molar-refractivity contribution in [2.45, 2.75) is 11.7 Å². The van der Waals surface area contributed by atoms with Gasteiger partial charge >= 0.3 is 0 Å². The minimum atomic E-state index is 0.716. The van der Waals surface area contributed by atoms with Crippen molar-refractivity contribution in [3.63, 3.8) is 0 Å². The van der Waals surface area contributed by atoms with Crippen molar-refractivity contribution < 1.29 is 4.74 Å². The number of nitrogens with zero attached hydrogens (tertiary/aromatic N) is 4. The molecule has 6 nitrogen and oxygen atoms in total. The largest absolute Gasteiger partial charge is 0.383 e. The van der Waals surface area contributed by atoms with Crippen LogP contribution in [0.2, 0.25) is 0 Å². The zero-order chi connectivity index (χ0) is 11.6. The quantitative estimate of drug-likeness (QED) is 0.379. The molecular weight excluding hydrogens is 226 g/mol. The second-order valence-corrected chi connectivity index (χ2v) is 4.01. The molecule has 0 aliphatic rings. The van der Waals surface area contributed by atoms with Crippen LogP contribution in [0.15, 0.2) is 17.8 Å². The van der Waals surface area contributed by atoms with Crippen LogP contribution in [0.1, 0.15) is 0 Å². The minimum absolute atomic E-state index is 0.716. The highest BCUT2D eigenvalue weighted by Gasteiger charge is 2.04. The van der Waals surface area contributed by atoms with E-state index >= 15 is 0 Å². The Balaban J connectivity index is 2.24. The molecule has 0 aliphatic carbocycles. The lowest BCUT2D eigenvalue weighted by Gasteiger charge is -2.05. The van der Waals surface area contributed by atoms with Crippen LogP contribution in [-0.4, -0.2) is 52.8 Å². The van der Waals surface area contributed by atoms with Crippen molar-refractivity contribution >= 4 is 11.8 Å². The van der Waals surface area contributed by atoms with Gasteiger partial charge in [-0.2, -0.15) is 0 Å². The van der Waals surface area contributed by atoms with E-state index < -0.39 is 0 Å². The summed E-state index contributed by atoms with van der Waals surface area (Å²) in [6.45, 7) is 6.81. The SMILES string of the molecule is C=CCSc1nnnn1CCNCCOC. The molecule has 0 fully saturated rings. The van der Waals surface area contributed by atoms with E-state index in [-0.39, 0.29) is 0 Å². The van der Waals surface area contributed by atoms with E-state index in [2.05, 4.69) is 27.4 Å². The maximum atomic E-state index is 4.93. The monoisotopic (exact) mass is 243 g/mol. The Bertz CT molecular complexity index is 304. The Morgan fingerprint density at radius 3 is 3.19 bits per heavy atom. The molecule has 1 aromatic rings. The smallest absolute Gasteiger partial charge is 0.209 e. The topological polar surface area (TPSA) is 64.9 Å². The minimum Gasteiger partial charge on any atom is -0.383 e. The summed E-state index contributed by atoms with van der Waals surface area (Å²) in [5.74, 6) is 0.817. The summed E-state index contributed by atoms with van der Waals surface area (Å²) in [7, 11) is 1.69. The summed E-state index contributed by atoms with van der Waals surface area (Å²) >= 11 is 1.58. The summed E-state index contributed by atoms with van der Waals surface area (Å²) in [5.41, 5.74) is 0. The number of aromatic nitrogens is 4. The molecule has 1 N–H and O–H groups in total. The summed E-state index contributed by atoms with van der Waals surface area (Å²) in [6, 6.07) is 0. The van der Waals surface area contributed by atoms with Gasteiger partial charge in [-0.1, -0.05) is 17.8 Å². The van der Waals surface area contributed by atoms with Crippen LogP contribution in [0.3, 0.4) is 0 Å². The highest BCUT2D eigenvalue weighted by molar-refractivity contribution is 7.99. The second kappa shape index (κ2) is 8.26. The molecular formula is C9H17N5OS. The van der Waals surface area contributed by atoms with Gasteiger partial charge < -0.3 is 10.1 Å². The first kappa shape index (κ1) is 13.1. The third-order valence-corrected chi connectivity index (χ3v) is 2.77. The van der Waals surface area contributed by atoms with Gasteiger partial charge in [-0.25, -0.2) is 4.68 Å². The Morgan fingerprint density at radius 1 is 1.56 bits per heavy atom. The number of hydrogen-bond acceptors (Lipinski definition) is 6. The maximum Gasteiger partial charge on any atom is 0.209 e. The molecule has 0 saturated heterocycles. The molecule has 0 unspecified atom stereocenters. The van der Waals surface area contributed by atoms with E-state index in [9.17, 15) is 0 Å². The fourth-order valence-corrected chi connectivity index (χ4v) is 1.70. The number of tetrazole rings is 1. The van der Waals surface area contributed by atoms with Crippen molar-refractivity contribution in [2.75, 3.05) is 32.6 Å². The average molecular weight is 243 g/mol. The van der Waals surface area contributed by atoms with Gasteiger partial charge in [0.15, 0.2) is 0 Å². The number of hydrogen-bond donors (Lipinski definition) is 1. The first-order chi connectivity index (χ1) is 7.88. The number of ether oxygens (including phenoxy) is 1. The molecule has 0 atom stereocenters. The third kappa shape index (κ3) is 4.73. The zero-order valence-electron chi connectivity index (χ0n) is 9.43. The molecule has 0 amide bonds. The number of thioether (sulfide) groups is 1. The Labute approximate surface area is 99.4 Å². The lowest BCUT2D eigenvalue weighted by Crippen LogP contribution is -2.24. The molecule has 0 aromatic carbocycles. The number of rotatable bonds is 9. The normalized spacial score (nSPS) is 10.6. The van der Waals surface area contributed by atoms with E-state index in [0.29, 0.717) is 6.61 Å². The maximum absolute atomic E-state index is 4.93. The summed E-state index contributed by atoms with van der Waals surface area (Å²) in [5, 5.41) is 15.6. The molecule has 90 valence electrons. The van der Waals surface area contributed by atoms with Crippen LogP contribution in [0.5, 0.6) is 0 Å². The predicted octanol–water partition coefficient (Wildman–Crippen LogP) is 0.187. The van der Waals surface area contributed by atoms with Crippen LogP contribution in [0.25, 0.3) is 0 Å². The summed E-state index contributed by atoms with van der Waals surface area (Å²) in [6.07, 6.45) is 1.83. The summed E-state index contributed by atoms with van der Waals surface area (Å²) in [4.78, 5) is 0. The van der Waals surface area contributed by atoms with Gasteiger partial charge in [0.05, 0.1) is 13.2 Å². The van der Waals surface area contributed by atoms with Gasteiger partial charge in [-0.15, -0.1) is 11.7 Å². The lowest BCUT2D eigenvalue weighted by atomic mass is 10.6. The highest BCUT2D eigenvalue weighted by Crippen LogP contribution is 2.12. The van der Waals surface area contributed by atoms with E-state index in [0.717, 1.165) is 30.5 Å². The van der Waals surface area contributed by atoms with E-state index in [1.807, 2.05) is 6.08 Å². The van der Waals surface area contributed by atoms with Crippen LogP contribution >= 0.6 is 11.8 Å². The average Bonchev–Trinajstić information content (AvgIpc) is 2.74. The molecule has 0 bridgehead atoms. The second-order valence-electron chi connectivity index (χ2n) is 3.03. The van der Waals surface area contributed by atoms with Gasteiger partial charge in [0.1, 0.15) is 0 Å². The Morgan fingerprint density at radius 2 is 2.44 bits per heavy atom. The molecule has 1 heterocycles. The van der Waals surface area contributed by atoms with Gasteiger partial charge in [-0.3, -0.25) is 0 Å². The van der Waals surface area contributed by atoms with Crippen molar-refractivity contribution in [3.8, 4) is 0 Å². The van der Waals surface area contributed by atoms with Gasteiger partial charge in [0.25, 0.3) is 0 Å². The van der Waals surface area contributed by atoms with Crippen LogP contribution in [-0.2, 0) is 11.3 Å². The molecule has 0 spiro atoms. The molecule has 7 heteroatoms. The predicted molar refractivity (Wildman–Crippen MR) is 63.5 cm³/mol. The standard InChI is InChI=1S/C9H17N5OS/c1-3-8-16-9-11-12-13-14(9)6-4-10-5-7-15-2/h3,10H,1,4-8H2,2H3. The van der Waals surface area contributed by atoms with Crippen molar-refractivity contribution in [2.24, 2.45) is 0 Å². The zero-order valence-corrected chi connectivity index (χ0v) is 10.2. The van der Waals surface area contributed by atoms with Gasteiger partial charge in [0, 0.05) is 26.0 Å². The van der Waals surface area contributed by atoms with Crippen LogP contribution in [0.4, 0.5) is 0 Å². The van der Waals surface area contributed by atoms with E-state index in [1.165, 1.54) is 0 Å². The van der Waals surface area contributed by atoms with Crippen molar-refractivity contribution in [3.05, 3.63) is 12.7 Å². The highest BCUT2D eigenvalue weighted by atomic mass is 32.2. The first-order valence-corrected chi connectivity index (χ1v) is 6.06. The van der Waals surface area contributed by atoms with Gasteiger partial charge in [0.2, 0.25) is 5.16 Å². The third-order valence-electron chi connectivity index (χ3n) is 1.81. The van der Waals surface area contributed by atoms with Crippen molar-refractivity contribution in [1.82, 2.24) is 25.5 Å². The summed E-state index contributed by atoms with van der Waals surface area (Å²) < 4.78 is 6.72. The molecule has 0 saturated carbocycles. The van der Waals surface area contributed by atoms with E-state index in [1.54, 1.807) is 23.6 Å². The fourth-order valence-electron chi connectivity index (χ4n) is 1.06.